The van der Waals surface area contributed by atoms with Crippen LogP contribution >= 0.6 is 0 Å². The number of nitrogen functional groups attached to an aromatic ring is 1. The minimum Gasteiger partial charge on any atom is -0.495 e. The van der Waals surface area contributed by atoms with Crippen molar-refractivity contribution in [2.24, 2.45) is 0 Å². The number of benzene rings is 1. The molecule has 1 aliphatic rings. The van der Waals surface area contributed by atoms with Crippen LogP contribution in [0.5, 0.6) is 5.75 Å². The first-order chi connectivity index (χ1) is 9.70. The maximum absolute atomic E-state index is 5.82. The Morgan fingerprint density at radius 2 is 1.65 bits per heavy atom. The molecule has 0 saturated carbocycles. The number of hydrogen-bond donors (Lipinski definition) is 1. The highest BCUT2D eigenvalue weighted by Crippen LogP contribution is 2.32. The zero-order chi connectivity index (χ0) is 15.5. The van der Waals surface area contributed by atoms with Crippen molar-refractivity contribution in [2.75, 3.05) is 33.0 Å². The van der Waals surface area contributed by atoms with Crippen LogP contribution in [-0.4, -0.2) is 32.1 Å². The summed E-state index contributed by atoms with van der Waals surface area (Å²) in [7, 11) is 3.85. The summed E-state index contributed by atoms with van der Waals surface area (Å²) in [5, 5.41) is 0. The number of rotatable bonds is 2. The first-order valence-corrected chi connectivity index (χ1v) is 7.82. The average molecular weight is 280 g/mol. The second kappa shape index (κ2) is 10.6. The Balaban J connectivity index is 0.000000829. The van der Waals surface area contributed by atoms with Gasteiger partial charge in [0.1, 0.15) is 5.75 Å². The van der Waals surface area contributed by atoms with Crippen LogP contribution in [0.1, 0.15) is 52.0 Å². The summed E-state index contributed by atoms with van der Waals surface area (Å²) in [4.78, 5) is 2.38. The van der Waals surface area contributed by atoms with Gasteiger partial charge in [0, 0.05) is 0 Å². The fraction of sp³-hybridized carbons (Fsp3) is 0.647. The molecule has 1 fully saturated rings. The van der Waals surface area contributed by atoms with Gasteiger partial charge >= 0.3 is 0 Å². The van der Waals surface area contributed by atoms with E-state index in [0.29, 0.717) is 5.92 Å². The molecule has 1 saturated heterocycles. The van der Waals surface area contributed by atoms with Gasteiger partial charge < -0.3 is 15.4 Å². The quantitative estimate of drug-likeness (QED) is 0.827. The fourth-order valence-electron chi connectivity index (χ4n) is 2.32. The standard InChI is InChI=1S/C13H20N2O.2C2H6/c1-15-7-5-10(6-8-15)11-3-4-12(14)13(9-11)16-2;2*1-2/h3-4,9-10H,5-8,14H2,1-2H3;2*1-2H3. The van der Waals surface area contributed by atoms with Crippen LogP contribution in [0.15, 0.2) is 18.2 Å². The van der Waals surface area contributed by atoms with Gasteiger partial charge in [0.2, 0.25) is 0 Å². The van der Waals surface area contributed by atoms with E-state index >= 15 is 0 Å². The fourth-order valence-corrected chi connectivity index (χ4v) is 2.32. The van der Waals surface area contributed by atoms with Crippen molar-refractivity contribution in [1.82, 2.24) is 4.90 Å². The largest absolute Gasteiger partial charge is 0.495 e. The number of likely N-dealkylation sites (tertiary alicyclic amines) is 1. The Morgan fingerprint density at radius 3 is 2.15 bits per heavy atom. The second-order valence-electron chi connectivity index (χ2n) is 4.58. The molecular formula is C17H32N2O. The molecule has 2 N–H and O–H groups in total. The van der Waals surface area contributed by atoms with E-state index in [2.05, 4.69) is 24.1 Å². The topological polar surface area (TPSA) is 38.5 Å². The zero-order valence-corrected chi connectivity index (χ0v) is 14.1. The van der Waals surface area contributed by atoms with Gasteiger partial charge in [0.15, 0.2) is 0 Å². The zero-order valence-electron chi connectivity index (χ0n) is 14.1. The van der Waals surface area contributed by atoms with Crippen molar-refractivity contribution in [3.05, 3.63) is 23.8 Å². The SMILES string of the molecule is CC.CC.COc1cc(C2CCN(C)CC2)ccc1N. The lowest BCUT2D eigenvalue weighted by Crippen LogP contribution is -2.29. The molecule has 20 heavy (non-hydrogen) atoms. The third-order valence-electron chi connectivity index (χ3n) is 3.45. The Morgan fingerprint density at radius 1 is 1.10 bits per heavy atom. The molecule has 1 aliphatic heterocycles. The highest BCUT2D eigenvalue weighted by molar-refractivity contribution is 5.54. The average Bonchev–Trinajstić information content (AvgIpc) is 2.53. The predicted molar refractivity (Wildman–Crippen MR) is 89.6 cm³/mol. The van der Waals surface area contributed by atoms with Gasteiger partial charge in [-0.25, -0.2) is 0 Å². The van der Waals surface area contributed by atoms with Gasteiger partial charge in [0.05, 0.1) is 12.8 Å². The van der Waals surface area contributed by atoms with E-state index in [1.165, 1.54) is 31.5 Å². The summed E-state index contributed by atoms with van der Waals surface area (Å²) >= 11 is 0. The lowest BCUT2D eigenvalue weighted by atomic mass is 9.89. The molecule has 0 unspecified atom stereocenters. The van der Waals surface area contributed by atoms with Gasteiger partial charge in [-0.2, -0.15) is 0 Å². The first-order valence-electron chi connectivity index (χ1n) is 7.82. The normalized spacial score (nSPS) is 15.5. The van der Waals surface area contributed by atoms with Crippen LogP contribution < -0.4 is 10.5 Å². The lowest BCUT2D eigenvalue weighted by Gasteiger charge is -2.29. The highest BCUT2D eigenvalue weighted by Gasteiger charge is 2.18. The smallest absolute Gasteiger partial charge is 0.142 e. The van der Waals surface area contributed by atoms with Crippen molar-refractivity contribution in [1.29, 1.82) is 0 Å². The number of methoxy groups -OCH3 is 1. The molecule has 1 aromatic carbocycles. The van der Waals surface area contributed by atoms with Crippen LogP contribution in [0, 0.1) is 0 Å². The molecule has 0 spiro atoms. The number of hydrogen-bond acceptors (Lipinski definition) is 3. The molecule has 116 valence electrons. The summed E-state index contributed by atoms with van der Waals surface area (Å²) < 4.78 is 5.26. The van der Waals surface area contributed by atoms with E-state index in [9.17, 15) is 0 Å². The van der Waals surface area contributed by atoms with Crippen LogP contribution in [0.3, 0.4) is 0 Å². The summed E-state index contributed by atoms with van der Waals surface area (Å²) in [6.45, 7) is 10.4. The summed E-state index contributed by atoms with van der Waals surface area (Å²) in [6.07, 6.45) is 2.45. The Hall–Kier alpha value is -1.22. The van der Waals surface area contributed by atoms with Gasteiger partial charge in [-0.15, -0.1) is 0 Å². The highest BCUT2D eigenvalue weighted by atomic mass is 16.5. The summed E-state index contributed by atoms with van der Waals surface area (Å²) in [6, 6.07) is 6.17. The van der Waals surface area contributed by atoms with Crippen LogP contribution in [0.2, 0.25) is 0 Å². The minimum atomic E-state index is 0.658. The van der Waals surface area contributed by atoms with Gasteiger partial charge in [-0.05, 0) is 56.6 Å². The van der Waals surface area contributed by atoms with Crippen LogP contribution in [-0.2, 0) is 0 Å². The van der Waals surface area contributed by atoms with Crippen molar-refractivity contribution >= 4 is 5.69 Å². The Labute approximate surface area is 125 Å². The summed E-state index contributed by atoms with van der Waals surface area (Å²) in [5.41, 5.74) is 7.90. The predicted octanol–water partition coefficient (Wildman–Crippen LogP) is 4.14. The van der Waals surface area contributed by atoms with Crippen LogP contribution in [0.25, 0.3) is 0 Å². The molecule has 0 aromatic heterocycles. The molecule has 3 nitrogen and oxygen atoms in total. The summed E-state index contributed by atoms with van der Waals surface area (Å²) in [5.74, 6) is 1.46. The Kier molecular flexibility index (Phi) is 9.91. The molecule has 0 atom stereocenters. The molecule has 1 aromatic rings. The Bertz CT molecular complexity index is 358. The van der Waals surface area contributed by atoms with E-state index in [1.54, 1.807) is 7.11 Å². The van der Waals surface area contributed by atoms with E-state index in [-0.39, 0.29) is 0 Å². The van der Waals surface area contributed by atoms with Crippen molar-refractivity contribution in [3.63, 3.8) is 0 Å². The molecule has 0 aliphatic carbocycles. The lowest BCUT2D eigenvalue weighted by molar-refractivity contribution is 0.255. The van der Waals surface area contributed by atoms with Crippen molar-refractivity contribution in [2.45, 2.75) is 46.5 Å². The molecule has 0 bridgehead atoms. The third kappa shape index (κ3) is 5.41. The number of ether oxygens (including phenoxy) is 1. The maximum atomic E-state index is 5.82. The van der Waals surface area contributed by atoms with E-state index in [4.69, 9.17) is 10.5 Å². The molecule has 1 heterocycles. The van der Waals surface area contributed by atoms with E-state index in [0.717, 1.165) is 11.4 Å². The number of piperidine rings is 1. The van der Waals surface area contributed by atoms with E-state index in [1.807, 2.05) is 33.8 Å². The molecule has 0 amide bonds. The number of nitrogens with two attached hydrogens (primary N) is 1. The van der Waals surface area contributed by atoms with Gasteiger partial charge in [0.25, 0.3) is 0 Å². The van der Waals surface area contributed by atoms with E-state index < -0.39 is 0 Å². The van der Waals surface area contributed by atoms with Crippen molar-refractivity contribution in [3.8, 4) is 5.75 Å². The van der Waals surface area contributed by atoms with Crippen LogP contribution in [0.4, 0.5) is 5.69 Å². The third-order valence-corrected chi connectivity index (χ3v) is 3.45. The minimum absolute atomic E-state index is 0.658. The number of nitrogens with zero attached hydrogens (tertiary/aromatic N) is 1. The van der Waals surface area contributed by atoms with Crippen molar-refractivity contribution < 1.29 is 4.74 Å². The van der Waals surface area contributed by atoms with Gasteiger partial charge in [-0.1, -0.05) is 33.8 Å². The molecular weight excluding hydrogens is 248 g/mol. The monoisotopic (exact) mass is 280 g/mol. The second-order valence-corrected chi connectivity index (χ2v) is 4.58. The molecule has 3 heteroatoms. The molecule has 0 radical (unpaired) electrons. The molecule has 2 rings (SSSR count). The number of anilines is 1. The van der Waals surface area contributed by atoms with Gasteiger partial charge in [-0.3, -0.25) is 0 Å². The first kappa shape index (κ1) is 18.8. The maximum Gasteiger partial charge on any atom is 0.142 e.